The van der Waals surface area contributed by atoms with Crippen LogP contribution >= 0.6 is 22.9 Å². The third-order valence-electron chi connectivity index (χ3n) is 7.45. The highest BCUT2D eigenvalue weighted by Crippen LogP contribution is 2.34. The minimum absolute atomic E-state index is 0.165. The van der Waals surface area contributed by atoms with Crippen LogP contribution in [0.15, 0.2) is 64.3 Å². The van der Waals surface area contributed by atoms with Gasteiger partial charge in [-0.15, -0.1) is 11.3 Å². The van der Waals surface area contributed by atoms with Crippen LogP contribution in [0.4, 0.5) is 13.2 Å². The molecule has 5 nitrogen and oxygen atoms in total. The van der Waals surface area contributed by atoms with Gasteiger partial charge in [0.05, 0.1) is 33.8 Å². The van der Waals surface area contributed by atoms with Crippen LogP contribution in [-0.2, 0) is 12.6 Å². The van der Waals surface area contributed by atoms with Gasteiger partial charge in [-0.1, -0.05) is 42.3 Å². The lowest BCUT2D eigenvalue weighted by Crippen LogP contribution is -2.37. The Bertz CT molecular complexity index is 1750. The Hall–Kier alpha value is -3.69. The van der Waals surface area contributed by atoms with Gasteiger partial charge in [-0.3, -0.25) is 14.2 Å². The Morgan fingerprint density at radius 2 is 1.74 bits per heavy atom. The number of pyridine rings is 1. The summed E-state index contributed by atoms with van der Waals surface area (Å²) in [6, 6.07) is 11.8. The molecule has 10 heteroatoms. The third kappa shape index (κ3) is 6.48. The maximum atomic E-state index is 14.4. The van der Waals surface area contributed by atoms with Crippen molar-refractivity contribution >= 4 is 34.9 Å². The zero-order valence-electron chi connectivity index (χ0n) is 24.1. The van der Waals surface area contributed by atoms with E-state index in [1.807, 2.05) is 37.8 Å². The first-order valence-corrected chi connectivity index (χ1v) is 15.4. The first-order valence-electron chi connectivity index (χ1n) is 14.1. The van der Waals surface area contributed by atoms with Crippen LogP contribution in [0.3, 0.4) is 0 Å². The molecule has 4 aromatic rings. The summed E-state index contributed by atoms with van der Waals surface area (Å²) in [4.78, 5) is 35.0. The second kappa shape index (κ2) is 12.5. The molecule has 1 saturated heterocycles. The van der Waals surface area contributed by atoms with Crippen molar-refractivity contribution in [1.82, 2.24) is 14.5 Å². The Balaban J connectivity index is 1.74. The Labute approximate surface area is 257 Å². The summed E-state index contributed by atoms with van der Waals surface area (Å²) in [5.41, 5.74) is 3.27. The number of allylic oxidation sites excluding steroid dienone is 1. The topological polar surface area (TPSA) is 55.2 Å². The summed E-state index contributed by atoms with van der Waals surface area (Å²) in [6.07, 6.45) is 0.906. The average Bonchev–Trinajstić information content (AvgIpc) is 3.47. The molecule has 2 aromatic carbocycles. The number of benzene rings is 2. The van der Waals surface area contributed by atoms with Gasteiger partial charge in [0.1, 0.15) is 5.01 Å². The number of nitrogens with zero attached hydrogens (tertiary/aromatic N) is 3. The van der Waals surface area contributed by atoms with E-state index in [2.05, 4.69) is 4.98 Å². The van der Waals surface area contributed by atoms with Crippen molar-refractivity contribution in [2.45, 2.75) is 52.6 Å². The number of likely N-dealkylation sites (tertiary alicyclic amines) is 1. The molecule has 1 fully saturated rings. The van der Waals surface area contributed by atoms with Crippen molar-refractivity contribution in [1.29, 1.82) is 0 Å². The van der Waals surface area contributed by atoms with Crippen molar-refractivity contribution in [2.75, 3.05) is 13.1 Å². The number of halogens is 4. The molecule has 0 radical (unpaired) electrons. The van der Waals surface area contributed by atoms with Gasteiger partial charge in [-0.25, -0.2) is 4.98 Å². The maximum absolute atomic E-state index is 14.4. The lowest BCUT2D eigenvalue weighted by atomic mass is 10.0. The summed E-state index contributed by atoms with van der Waals surface area (Å²) in [7, 11) is 0. The molecule has 0 bridgehead atoms. The van der Waals surface area contributed by atoms with E-state index in [1.54, 1.807) is 28.1 Å². The summed E-state index contributed by atoms with van der Waals surface area (Å²) in [5, 5.41) is 2.52. The summed E-state index contributed by atoms with van der Waals surface area (Å²) in [5.74, 6) is -0.165. The van der Waals surface area contributed by atoms with E-state index in [4.69, 9.17) is 11.6 Å². The first-order chi connectivity index (χ1) is 20.5. The molecule has 0 saturated carbocycles. The quantitative estimate of drug-likeness (QED) is 0.215. The molecule has 224 valence electrons. The molecule has 1 amide bonds. The van der Waals surface area contributed by atoms with Crippen LogP contribution in [0, 0.1) is 0 Å². The van der Waals surface area contributed by atoms with Crippen LogP contribution in [0.5, 0.6) is 0 Å². The van der Waals surface area contributed by atoms with E-state index in [-0.39, 0.29) is 17.0 Å². The van der Waals surface area contributed by atoms with E-state index in [9.17, 15) is 22.8 Å². The molecular formula is C33H31ClF3N3O2S. The van der Waals surface area contributed by atoms with Crippen LogP contribution in [0.25, 0.3) is 33.6 Å². The fourth-order valence-electron chi connectivity index (χ4n) is 5.28. The number of hydrogen-bond acceptors (Lipinski definition) is 4. The molecule has 1 aliphatic heterocycles. The fraction of sp³-hybridized carbons (Fsp3) is 0.303. The second-order valence-corrected chi connectivity index (χ2v) is 12.1. The largest absolute Gasteiger partial charge is 0.416 e. The highest BCUT2D eigenvalue weighted by atomic mass is 35.5. The predicted octanol–water partition coefficient (Wildman–Crippen LogP) is 8.91. The Kier molecular flexibility index (Phi) is 8.94. The van der Waals surface area contributed by atoms with Crippen LogP contribution in [-0.4, -0.2) is 33.4 Å². The van der Waals surface area contributed by atoms with Crippen molar-refractivity contribution in [3.05, 3.63) is 97.2 Å². The molecule has 5 rings (SSSR count). The van der Waals surface area contributed by atoms with Crippen molar-refractivity contribution in [3.63, 3.8) is 0 Å². The summed E-state index contributed by atoms with van der Waals surface area (Å²) >= 11 is 7.64. The van der Waals surface area contributed by atoms with Gasteiger partial charge >= 0.3 is 6.18 Å². The molecule has 3 heterocycles. The number of aryl methyl sites for hydroxylation is 1. The van der Waals surface area contributed by atoms with Crippen molar-refractivity contribution < 1.29 is 18.0 Å². The van der Waals surface area contributed by atoms with Crippen LogP contribution < -0.4 is 5.56 Å². The zero-order valence-corrected chi connectivity index (χ0v) is 25.7. The number of amides is 1. The Morgan fingerprint density at radius 1 is 1.05 bits per heavy atom. The minimum Gasteiger partial charge on any atom is -0.339 e. The average molecular weight is 626 g/mol. The van der Waals surface area contributed by atoms with Gasteiger partial charge in [-0.2, -0.15) is 13.2 Å². The molecule has 0 aliphatic carbocycles. The molecular weight excluding hydrogens is 595 g/mol. The SMILES string of the molecule is CCc1ccc(Cl)cc1-n1c(C=C(C)C)c(C(=O)N2CCCCC2)cc(-c2nc(-c3ccc(C(F)(F)F)cc3)cs2)c1=O. The van der Waals surface area contributed by atoms with Gasteiger partial charge in [0, 0.05) is 29.1 Å². The fourth-order valence-corrected chi connectivity index (χ4v) is 6.28. The number of carbonyl (C=O) groups excluding carboxylic acids is 1. The van der Waals surface area contributed by atoms with E-state index < -0.39 is 11.7 Å². The number of thiazole rings is 1. The predicted molar refractivity (Wildman–Crippen MR) is 167 cm³/mol. The van der Waals surface area contributed by atoms with Crippen LogP contribution in [0.1, 0.15) is 67.2 Å². The number of piperidine rings is 1. The molecule has 1 aliphatic rings. The number of alkyl halides is 3. The van der Waals surface area contributed by atoms with Gasteiger partial charge in [0.2, 0.25) is 0 Å². The number of aromatic nitrogens is 2. The van der Waals surface area contributed by atoms with Crippen molar-refractivity contribution in [3.8, 4) is 27.5 Å². The number of carbonyl (C=O) groups is 1. The first kappa shape index (κ1) is 30.8. The third-order valence-corrected chi connectivity index (χ3v) is 8.56. The minimum atomic E-state index is -4.45. The molecule has 0 atom stereocenters. The highest BCUT2D eigenvalue weighted by molar-refractivity contribution is 7.13. The maximum Gasteiger partial charge on any atom is 0.416 e. The van der Waals surface area contributed by atoms with Crippen LogP contribution in [0.2, 0.25) is 5.02 Å². The molecule has 0 N–H and O–H groups in total. The normalized spacial score (nSPS) is 13.7. The summed E-state index contributed by atoms with van der Waals surface area (Å²) in [6.45, 7) is 7.07. The van der Waals surface area contributed by atoms with E-state index in [1.165, 1.54) is 23.5 Å². The standard InChI is InChI=1S/C33H31ClF3N3O2S/c1-4-21-10-13-24(34)17-28(21)40-29(16-20(2)3)25(31(41)39-14-6-5-7-15-39)18-26(32(40)42)30-38-27(19-43-30)22-8-11-23(12-9-22)33(35,36)37/h8-13,16-19H,4-7,14-15H2,1-3H3. The molecule has 43 heavy (non-hydrogen) atoms. The van der Waals surface area contributed by atoms with Gasteiger partial charge < -0.3 is 4.90 Å². The van der Waals surface area contributed by atoms with E-state index in [0.29, 0.717) is 57.7 Å². The lowest BCUT2D eigenvalue weighted by Gasteiger charge is -2.28. The van der Waals surface area contributed by atoms with E-state index in [0.717, 1.165) is 42.5 Å². The smallest absolute Gasteiger partial charge is 0.339 e. The van der Waals surface area contributed by atoms with Gasteiger partial charge in [-0.05, 0) is 81.5 Å². The molecule has 0 spiro atoms. The number of rotatable bonds is 6. The van der Waals surface area contributed by atoms with E-state index >= 15 is 0 Å². The van der Waals surface area contributed by atoms with Gasteiger partial charge in [0.15, 0.2) is 0 Å². The second-order valence-electron chi connectivity index (χ2n) is 10.8. The zero-order chi connectivity index (χ0) is 30.9. The monoisotopic (exact) mass is 625 g/mol. The lowest BCUT2D eigenvalue weighted by molar-refractivity contribution is -0.137. The van der Waals surface area contributed by atoms with Crippen molar-refractivity contribution in [2.24, 2.45) is 0 Å². The van der Waals surface area contributed by atoms with Gasteiger partial charge in [0.25, 0.3) is 11.5 Å². The molecule has 2 aromatic heterocycles. The highest BCUT2D eigenvalue weighted by Gasteiger charge is 2.30. The summed E-state index contributed by atoms with van der Waals surface area (Å²) < 4.78 is 40.9. The Morgan fingerprint density at radius 3 is 2.37 bits per heavy atom. The molecule has 0 unspecified atom stereocenters. The number of hydrogen-bond donors (Lipinski definition) is 0.